The van der Waals surface area contributed by atoms with Crippen LogP contribution in [0.25, 0.3) is 34.4 Å². The second-order valence-corrected chi connectivity index (χ2v) is 6.55. The first-order chi connectivity index (χ1) is 13.6. The Bertz CT molecular complexity index is 1200. The van der Waals surface area contributed by atoms with Crippen LogP contribution in [-0.4, -0.2) is 9.91 Å². The third-order valence-corrected chi connectivity index (χ3v) is 4.78. The Kier molecular flexibility index (Phi) is 4.58. The van der Waals surface area contributed by atoms with Gasteiger partial charge in [-0.05, 0) is 36.4 Å². The molecule has 0 aliphatic heterocycles. The molecule has 0 fully saturated rings. The molecule has 1 aromatic carbocycles. The number of aromatic nitrogens is 1. The quantitative estimate of drug-likeness (QED) is 0.248. The normalized spacial score (nSPS) is 11.3. The number of hydrogen-bond donors (Lipinski definition) is 0. The molecule has 0 saturated carbocycles. The van der Waals surface area contributed by atoms with Gasteiger partial charge in [-0.25, -0.2) is 4.98 Å². The van der Waals surface area contributed by atoms with Crippen LogP contribution in [0.2, 0.25) is 0 Å². The molecule has 4 aromatic rings. The number of nitro benzene ring substituents is 1. The van der Waals surface area contributed by atoms with Gasteiger partial charge in [-0.15, -0.1) is 11.3 Å². The van der Waals surface area contributed by atoms with Crippen molar-refractivity contribution in [2.45, 2.75) is 0 Å². The Hall–Kier alpha value is -3.96. The number of rotatable bonds is 5. The molecule has 4 rings (SSSR count). The zero-order valence-corrected chi connectivity index (χ0v) is 15.1. The van der Waals surface area contributed by atoms with Crippen LogP contribution < -0.4 is 0 Å². The van der Waals surface area contributed by atoms with Crippen LogP contribution >= 0.6 is 11.3 Å². The van der Waals surface area contributed by atoms with Crippen LogP contribution in [-0.2, 0) is 0 Å². The standard InChI is InChI=1S/C20H11N3O4S/c21-11-14(20-22-17(12-28-20)19-2-1-9-26-19)10-16-7-8-18(27-16)13-3-5-15(6-4-13)23(24)25/h1-10,12H/b14-10+. The van der Waals surface area contributed by atoms with E-state index in [4.69, 9.17) is 8.83 Å². The molecule has 3 heterocycles. The van der Waals surface area contributed by atoms with Crippen LogP contribution in [0.1, 0.15) is 10.8 Å². The topological polar surface area (TPSA) is 106 Å². The highest BCUT2D eigenvalue weighted by molar-refractivity contribution is 7.11. The molecule has 0 unspecified atom stereocenters. The number of thiazole rings is 1. The second-order valence-electron chi connectivity index (χ2n) is 5.69. The summed E-state index contributed by atoms with van der Waals surface area (Å²) in [5.74, 6) is 1.67. The van der Waals surface area contributed by atoms with Crippen LogP contribution in [0.5, 0.6) is 0 Å². The van der Waals surface area contributed by atoms with E-state index >= 15 is 0 Å². The number of benzene rings is 1. The molecule has 28 heavy (non-hydrogen) atoms. The van der Waals surface area contributed by atoms with E-state index in [-0.39, 0.29) is 5.69 Å². The Morgan fingerprint density at radius 2 is 2.00 bits per heavy atom. The van der Waals surface area contributed by atoms with Crippen LogP contribution in [0.3, 0.4) is 0 Å². The number of non-ortho nitro benzene ring substituents is 1. The van der Waals surface area contributed by atoms with Gasteiger partial charge in [-0.3, -0.25) is 10.1 Å². The number of nitro groups is 1. The SMILES string of the molecule is N#C/C(=C\c1ccc(-c2ccc([N+](=O)[O-])cc2)o1)c1nc(-c2ccco2)cs1. The van der Waals surface area contributed by atoms with Crippen LogP contribution in [0, 0.1) is 21.4 Å². The van der Waals surface area contributed by atoms with Gasteiger partial charge in [0.05, 0.1) is 16.8 Å². The van der Waals surface area contributed by atoms with Gasteiger partial charge >= 0.3 is 0 Å². The predicted molar refractivity (Wildman–Crippen MR) is 104 cm³/mol. The zero-order chi connectivity index (χ0) is 19.5. The van der Waals surface area contributed by atoms with Gasteiger partial charge in [0.15, 0.2) is 5.76 Å². The molecule has 136 valence electrons. The van der Waals surface area contributed by atoms with E-state index in [9.17, 15) is 15.4 Å². The van der Waals surface area contributed by atoms with Crippen molar-refractivity contribution in [3.8, 4) is 28.8 Å². The minimum absolute atomic E-state index is 0.0123. The van der Waals surface area contributed by atoms with E-state index in [1.165, 1.54) is 23.5 Å². The Morgan fingerprint density at radius 3 is 2.68 bits per heavy atom. The average molecular weight is 389 g/mol. The van der Waals surface area contributed by atoms with Crippen LogP contribution in [0.4, 0.5) is 5.69 Å². The predicted octanol–water partition coefficient (Wildman–Crippen LogP) is 5.64. The lowest BCUT2D eigenvalue weighted by Gasteiger charge is -1.97. The van der Waals surface area contributed by atoms with Gasteiger partial charge in [0.1, 0.15) is 28.3 Å². The number of nitriles is 1. The zero-order valence-electron chi connectivity index (χ0n) is 14.2. The van der Waals surface area contributed by atoms with E-state index in [1.54, 1.807) is 48.7 Å². The lowest BCUT2D eigenvalue weighted by Crippen LogP contribution is -1.86. The highest BCUT2D eigenvalue weighted by Crippen LogP contribution is 2.29. The molecule has 0 aliphatic carbocycles. The molecule has 0 radical (unpaired) electrons. The molecule has 0 aliphatic rings. The number of allylic oxidation sites excluding steroid dienone is 1. The van der Waals surface area contributed by atoms with Crippen molar-refractivity contribution in [2.24, 2.45) is 0 Å². The molecule has 3 aromatic heterocycles. The average Bonchev–Trinajstić information content (AvgIpc) is 3.47. The molecule has 0 atom stereocenters. The van der Waals surface area contributed by atoms with E-state index in [0.717, 1.165) is 0 Å². The maximum absolute atomic E-state index is 10.8. The summed E-state index contributed by atoms with van der Waals surface area (Å²) in [5.41, 5.74) is 1.75. The fraction of sp³-hybridized carbons (Fsp3) is 0. The van der Waals surface area contributed by atoms with Gasteiger partial charge in [0.25, 0.3) is 5.69 Å². The molecular formula is C20H11N3O4S. The molecular weight excluding hydrogens is 378 g/mol. The smallest absolute Gasteiger partial charge is 0.269 e. The molecule has 0 spiro atoms. The highest BCUT2D eigenvalue weighted by atomic mass is 32.1. The first-order valence-electron chi connectivity index (χ1n) is 8.10. The van der Waals surface area contributed by atoms with Crippen LogP contribution in [0.15, 0.2) is 69.0 Å². The number of nitrogens with zero attached hydrogens (tertiary/aromatic N) is 3. The summed E-state index contributed by atoms with van der Waals surface area (Å²) in [6.07, 6.45) is 3.18. The largest absolute Gasteiger partial charge is 0.463 e. The number of furan rings is 2. The molecule has 0 bridgehead atoms. The summed E-state index contributed by atoms with van der Waals surface area (Å²) < 4.78 is 11.1. The van der Waals surface area contributed by atoms with E-state index in [1.807, 2.05) is 5.38 Å². The Balaban J connectivity index is 1.60. The molecule has 0 N–H and O–H groups in total. The van der Waals surface area contributed by atoms with Crippen molar-refractivity contribution in [2.75, 3.05) is 0 Å². The minimum atomic E-state index is -0.454. The number of hydrogen-bond acceptors (Lipinski definition) is 7. The summed E-state index contributed by atoms with van der Waals surface area (Å²) >= 11 is 1.34. The fourth-order valence-electron chi connectivity index (χ4n) is 2.55. The van der Waals surface area contributed by atoms with Crippen molar-refractivity contribution in [3.05, 3.63) is 81.1 Å². The second kappa shape index (κ2) is 7.34. The van der Waals surface area contributed by atoms with Crippen molar-refractivity contribution < 1.29 is 13.8 Å². The lowest BCUT2D eigenvalue weighted by atomic mass is 10.1. The van der Waals surface area contributed by atoms with E-state index < -0.39 is 4.92 Å². The van der Waals surface area contributed by atoms with Crippen molar-refractivity contribution in [3.63, 3.8) is 0 Å². The molecule has 0 saturated heterocycles. The van der Waals surface area contributed by atoms with Gasteiger partial charge < -0.3 is 8.83 Å². The summed E-state index contributed by atoms with van der Waals surface area (Å²) in [4.78, 5) is 14.7. The summed E-state index contributed by atoms with van der Waals surface area (Å²) in [6.45, 7) is 0. The summed E-state index contributed by atoms with van der Waals surface area (Å²) in [7, 11) is 0. The van der Waals surface area contributed by atoms with Gasteiger partial charge in [-0.2, -0.15) is 5.26 Å². The van der Waals surface area contributed by atoms with Gasteiger partial charge in [-0.1, -0.05) is 0 Å². The monoisotopic (exact) mass is 389 g/mol. The van der Waals surface area contributed by atoms with Crippen molar-refractivity contribution >= 4 is 28.7 Å². The molecule has 7 nitrogen and oxygen atoms in total. The Labute approximate surface area is 163 Å². The Morgan fingerprint density at radius 1 is 1.18 bits per heavy atom. The lowest BCUT2D eigenvalue weighted by molar-refractivity contribution is -0.384. The maximum Gasteiger partial charge on any atom is 0.269 e. The summed E-state index contributed by atoms with van der Waals surface area (Å²) in [5, 5.41) is 22.6. The first kappa shape index (κ1) is 17.5. The minimum Gasteiger partial charge on any atom is -0.463 e. The first-order valence-corrected chi connectivity index (χ1v) is 8.98. The van der Waals surface area contributed by atoms with Crippen molar-refractivity contribution in [1.82, 2.24) is 4.98 Å². The van der Waals surface area contributed by atoms with Crippen molar-refractivity contribution in [1.29, 1.82) is 5.26 Å². The maximum atomic E-state index is 10.8. The summed E-state index contributed by atoms with van der Waals surface area (Å²) in [6, 6.07) is 15.3. The molecule has 0 amide bonds. The van der Waals surface area contributed by atoms with E-state index in [0.29, 0.717) is 39.1 Å². The fourth-order valence-corrected chi connectivity index (χ4v) is 3.33. The third-order valence-electron chi connectivity index (χ3n) is 3.90. The third kappa shape index (κ3) is 3.47. The van der Waals surface area contributed by atoms with E-state index in [2.05, 4.69) is 11.1 Å². The molecule has 8 heteroatoms. The van der Waals surface area contributed by atoms with Gasteiger partial charge in [0.2, 0.25) is 0 Å². The highest BCUT2D eigenvalue weighted by Gasteiger charge is 2.12. The van der Waals surface area contributed by atoms with Gasteiger partial charge in [0, 0.05) is 29.2 Å².